The van der Waals surface area contributed by atoms with E-state index >= 15 is 0 Å². The lowest BCUT2D eigenvalue weighted by atomic mass is 9.78. The zero-order valence-corrected chi connectivity index (χ0v) is 14.9. The van der Waals surface area contributed by atoms with E-state index in [9.17, 15) is 19.8 Å². The number of phenolic OH excluding ortho intramolecular Hbond substituents is 1. The highest BCUT2D eigenvalue weighted by Crippen LogP contribution is 2.40. The van der Waals surface area contributed by atoms with Crippen molar-refractivity contribution >= 4 is 17.8 Å². The third-order valence-corrected chi connectivity index (χ3v) is 3.67. The molecule has 2 N–H and O–H groups in total. The molecule has 0 amide bonds. The lowest BCUT2D eigenvalue weighted by Crippen LogP contribution is -2.17. The van der Waals surface area contributed by atoms with Gasteiger partial charge in [-0.1, -0.05) is 41.5 Å². The van der Waals surface area contributed by atoms with Crippen LogP contribution in [0.25, 0.3) is 6.08 Å². The first-order chi connectivity index (χ1) is 10.2. The third-order valence-electron chi connectivity index (χ3n) is 3.67. The van der Waals surface area contributed by atoms with Gasteiger partial charge in [0.2, 0.25) is 0 Å². The second-order valence-electron chi connectivity index (χ2n) is 7.88. The summed E-state index contributed by atoms with van der Waals surface area (Å²) < 4.78 is 0. The van der Waals surface area contributed by atoms with Crippen molar-refractivity contribution in [1.82, 2.24) is 0 Å². The number of phenols is 1. The van der Waals surface area contributed by atoms with E-state index in [1.54, 1.807) is 12.1 Å². The number of Topliss-reactive ketones (excluding diaryl/α,β-unsaturated/α-hetero) is 1. The van der Waals surface area contributed by atoms with Crippen LogP contribution in [0.5, 0.6) is 5.75 Å². The Morgan fingerprint density at radius 2 is 1.35 bits per heavy atom. The van der Waals surface area contributed by atoms with Crippen LogP contribution in [-0.4, -0.2) is 22.0 Å². The first-order valence-electron chi connectivity index (χ1n) is 7.59. The number of ketones is 1. The Bertz CT molecular complexity index is 617. The van der Waals surface area contributed by atoms with Gasteiger partial charge in [-0.25, -0.2) is 4.79 Å². The quantitative estimate of drug-likeness (QED) is 0.501. The van der Waals surface area contributed by atoms with Crippen LogP contribution in [0.1, 0.15) is 65.2 Å². The molecule has 4 heteroatoms. The van der Waals surface area contributed by atoms with Crippen molar-refractivity contribution in [1.29, 1.82) is 0 Å². The van der Waals surface area contributed by atoms with Crippen molar-refractivity contribution in [3.8, 4) is 5.75 Å². The lowest BCUT2D eigenvalue weighted by molar-refractivity contribution is -0.134. The number of aromatic hydroxyl groups is 1. The standard InChI is InChI=1S/C19H26O4/c1-11(20)13(17(22)23)8-12-9-14(18(2,3)4)16(21)15(10-12)19(5,6)7/h8-10,21H,1-7H3,(H,22,23). The lowest BCUT2D eigenvalue weighted by Gasteiger charge is -2.28. The highest BCUT2D eigenvalue weighted by molar-refractivity contribution is 6.19. The number of benzene rings is 1. The average molecular weight is 318 g/mol. The van der Waals surface area contributed by atoms with E-state index in [1.807, 2.05) is 41.5 Å². The molecule has 4 nitrogen and oxygen atoms in total. The molecule has 1 aromatic carbocycles. The number of hydrogen-bond acceptors (Lipinski definition) is 3. The molecule has 1 aromatic rings. The van der Waals surface area contributed by atoms with E-state index in [2.05, 4.69) is 0 Å². The van der Waals surface area contributed by atoms with Gasteiger partial charge in [-0.2, -0.15) is 0 Å². The van der Waals surface area contributed by atoms with Gasteiger partial charge in [0, 0.05) is 11.1 Å². The van der Waals surface area contributed by atoms with Crippen LogP contribution in [0, 0.1) is 0 Å². The van der Waals surface area contributed by atoms with Crippen molar-refractivity contribution in [2.24, 2.45) is 0 Å². The van der Waals surface area contributed by atoms with Crippen LogP contribution < -0.4 is 0 Å². The maximum Gasteiger partial charge on any atom is 0.339 e. The van der Waals surface area contributed by atoms with E-state index in [-0.39, 0.29) is 22.2 Å². The maximum absolute atomic E-state index is 11.5. The Hall–Kier alpha value is -2.10. The largest absolute Gasteiger partial charge is 0.507 e. The molecule has 0 aliphatic rings. The number of rotatable bonds is 3. The van der Waals surface area contributed by atoms with Gasteiger partial charge >= 0.3 is 5.97 Å². The molecule has 0 saturated heterocycles. The van der Waals surface area contributed by atoms with Crippen LogP contribution in [0.4, 0.5) is 0 Å². The molecule has 1 rings (SSSR count). The highest BCUT2D eigenvalue weighted by atomic mass is 16.4. The predicted octanol–water partition coefficient (Wildman–Crippen LogP) is 4.04. The molecule has 0 spiro atoms. The van der Waals surface area contributed by atoms with E-state index in [1.165, 1.54) is 13.0 Å². The van der Waals surface area contributed by atoms with Crippen molar-refractivity contribution in [2.45, 2.75) is 59.3 Å². The molecular formula is C19H26O4. The zero-order chi connectivity index (χ0) is 18.2. The van der Waals surface area contributed by atoms with E-state index in [0.29, 0.717) is 5.56 Å². The molecule has 0 heterocycles. The minimum absolute atomic E-state index is 0.224. The minimum Gasteiger partial charge on any atom is -0.507 e. The molecule has 0 radical (unpaired) electrons. The van der Waals surface area contributed by atoms with Crippen LogP contribution in [0.2, 0.25) is 0 Å². The van der Waals surface area contributed by atoms with Crippen LogP contribution in [-0.2, 0) is 20.4 Å². The first kappa shape index (κ1) is 18.9. The highest BCUT2D eigenvalue weighted by Gasteiger charge is 2.26. The third kappa shape index (κ3) is 4.44. The van der Waals surface area contributed by atoms with Gasteiger partial charge in [-0.05, 0) is 41.5 Å². The average Bonchev–Trinajstić information content (AvgIpc) is 2.33. The van der Waals surface area contributed by atoms with Crippen molar-refractivity contribution in [3.05, 3.63) is 34.4 Å². The fraction of sp³-hybridized carbons (Fsp3) is 0.474. The summed E-state index contributed by atoms with van der Waals surface area (Å²) in [6.07, 6.45) is 1.37. The monoisotopic (exact) mass is 318 g/mol. The summed E-state index contributed by atoms with van der Waals surface area (Å²) in [5.41, 5.74) is 1.16. The van der Waals surface area contributed by atoms with Gasteiger partial charge in [-0.3, -0.25) is 4.79 Å². The van der Waals surface area contributed by atoms with E-state index in [0.717, 1.165) is 11.1 Å². The minimum atomic E-state index is -1.25. The molecule has 0 aliphatic heterocycles. The predicted molar refractivity (Wildman–Crippen MR) is 91.8 cm³/mol. The van der Waals surface area contributed by atoms with E-state index < -0.39 is 11.8 Å². The van der Waals surface area contributed by atoms with Crippen LogP contribution in [0.3, 0.4) is 0 Å². The van der Waals surface area contributed by atoms with Gasteiger partial charge < -0.3 is 10.2 Å². The molecule has 0 unspecified atom stereocenters. The van der Waals surface area contributed by atoms with Crippen molar-refractivity contribution < 1.29 is 19.8 Å². The van der Waals surface area contributed by atoms with Crippen LogP contribution >= 0.6 is 0 Å². The summed E-state index contributed by atoms with van der Waals surface area (Å²) in [6.45, 7) is 13.1. The molecule has 0 aliphatic carbocycles. The first-order valence-corrected chi connectivity index (χ1v) is 7.59. The summed E-state index contributed by atoms with van der Waals surface area (Å²) in [5, 5.41) is 19.8. The Balaban J connectivity index is 3.73. The van der Waals surface area contributed by atoms with Crippen molar-refractivity contribution in [2.75, 3.05) is 0 Å². The molecular weight excluding hydrogens is 292 g/mol. The fourth-order valence-corrected chi connectivity index (χ4v) is 2.36. The number of carbonyl (C=O) groups is 2. The second kappa shape index (κ2) is 6.19. The van der Waals surface area contributed by atoms with Gasteiger partial charge in [0.05, 0.1) is 0 Å². The molecule has 0 saturated carbocycles. The normalized spacial score (nSPS) is 13.1. The Labute approximate surface area is 137 Å². The number of carbonyl (C=O) groups excluding carboxylic acids is 1. The maximum atomic E-state index is 11.5. The van der Waals surface area contributed by atoms with E-state index in [4.69, 9.17) is 0 Å². The number of carboxylic acids is 1. The second-order valence-corrected chi connectivity index (χ2v) is 7.88. The number of carboxylic acid groups (broad SMARTS) is 1. The summed E-state index contributed by atoms with van der Waals surface area (Å²) >= 11 is 0. The molecule has 0 fully saturated rings. The molecule has 0 atom stereocenters. The zero-order valence-electron chi connectivity index (χ0n) is 14.9. The summed E-state index contributed by atoms with van der Waals surface area (Å²) in [7, 11) is 0. The topological polar surface area (TPSA) is 74.6 Å². The Kier molecular flexibility index (Phi) is 5.10. The molecule has 0 bridgehead atoms. The summed E-state index contributed by atoms with van der Waals surface area (Å²) in [6, 6.07) is 3.49. The Morgan fingerprint density at radius 1 is 0.957 bits per heavy atom. The number of aliphatic carboxylic acids is 1. The van der Waals surface area contributed by atoms with Gasteiger partial charge in [0.15, 0.2) is 5.78 Å². The van der Waals surface area contributed by atoms with Gasteiger partial charge in [0.25, 0.3) is 0 Å². The summed E-state index contributed by atoms with van der Waals surface area (Å²) in [4.78, 5) is 22.8. The SMILES string of the molecule is CC(=O)C(=Cc1cc(C(C)(C)C)c(O)c(C(C)(C)C)c1)C(=O)O. The van der Waals surface area contributed by atoms with Crippen LogP contribution in [0.15, 0.2) is 17.7 Å². The molecule has 23 heavy (non-hydrogen) atoms. The number of hydrogen-bond donors (Lipinski definition) is 2. The van der Waals surface area contributed by atoms with Crippen molar-refractivity contribution in [3.63, 3.8) is 0 Å². The summed E-state index contributed by atoms with van der Waals surface area (Å²) in [5.74, 6) is -1.53. The smallest absolute Gasteiger partial charge is 0.339 e. The molecule has 126 valence electrons. The Morgan fingerprint density at radius 3 is 1.61 bits per heavy atom. The molecule has 0 aromatic heterocycles. The van der Waals surface area contributed by atoms with Gasteiger partial charge in [-0.15, -0.1) is 0 Å². The fourth-order valence-electron chi connectivity index (χ4n) is 2.36. The van der Waals surface area contributed by atoms with Gasteiger partial charge in [0.1, 0.15) is 11.3 Å².